The normalized spacial score (nSPS) is 15.0. The number of morpholine rings is 1. The van der Waals surface area contributed by atoms with E-state index in [1.807, 2.05) is 4.72 Å². The summed E-state index contributed by atoms with van der Waals surface area (Å²) in [5, 5.41) is 11.9. The number of benzene rings is 2. The molecule has 2 heterocycles. The number of nitrogens with zero attached hydrogens (tertiary/aromatic N) is 2. The molecule has 1 fully saturated rings. The molecular weight excluding hydrogens is 512 g/mol. The number of sulfonamides is 1. The summed E-state index contributed by atoms with van der Waals surface area (Å²) in [6.07, 6.45) is 1.31. The molecule has 5 rings (SSSR count). The highest BCUT2D eigenvalue weighted by Crippen LogP contribution is 2.42. The summed E-state index contributed by atoms with van der Waals surface area (Å²) in [4.78, 5) is 37.9. The van der Waals surface area contributed by atoms with E-state index >= 15 is 0 Å². The van der Waals surface area contributed by atoms with Crippen LogP contribution in [-0.2, 0) is 26.0 Å². The van der Waals surface area contributed by atoms with Crippen LogP contribution >= 0.6 is 0 Å². The largest absolute Gasteiger partial charge is 0.379 e. The van der Waals surface area contributed by atoms with Gasteiger partial charge in [-0.3, -0.25) is 24.8 Å². The van der Waals surface area contributed by atoms with Crippen LogP contribution in [0.1, 0.15) is 27.9 Å². The molecule has 3 aromatic rings. The van der Waals surface area contributed by atoms with Gasteiger partial charge in [-0.1, -0.05) is 36.4 Å². The fraction of sp³-hybridized carbons (Fsp3) is 0.280. The smallest absolute Gasteiger partial charge is 0.333 e. The third kappa shape index (κ3) is 5.44. The van der Waals surface area contributed by atoms with Crippen LogP contribution in [0, 0.1) is 0 Å². The predicted octanol–water partition coefficient (Wildman–Crippen LogP) is 1.67. The van der Waals surface area contributed by atoms with Crippen molar-refractivity contribution < 1.29 is 27.5 Å². The second-order valence-electron chi connectivity index (χ2n) is 9.04. The Morgan fingerprint density at radius 1 is 1.08 bits per heavy atom. The average Bonchev–Trinajstić information content (AvgIpc) is 3.43. The maximum atomic E-state index is 13.5. The summed E-state index contributed by atoms with van der Waals surface area (Å²) < 4.78 is 29.6. The molecule has 2 aromatic carbocycles. The van der Waals surface area contributed by atoms with Crippen LogP contribution in [0.3, 0.4) is 0 Å². The molecule has 1 aliphatic heterocycles. The van der Waals surface area contributed by atoms with E-state index < -0.39 is 22.0 Å². The van der Waals surface area contributed by atoms with Crippen LogP contribution in [0.25, 0.3) is 22.5 Å². The van der Waals surface area contributed by atoms with Crippen molar-refractivity contribution >= 4 is 33.4 Å². The van der Waals surface area contributed by atoms with Crippen LogP contribution in [0.2, 0.25) is 0 Å². The zero-order valence-electron chi connectivity index (χ0n) is 20.5. The number of hydrazine groups is 1. The lowest BCUT2D eigenvalue weighted by Gasteiger charge is -2.27. The number of aromatic amines is 1. The molecule has 1 aliphatic carbocycles. The van der Waals surface area contributed by atoms with Crippen molar-refractivity contribution in [2.45, 2.75) is 12.8 Å². The maximum absolute atomic E-state index is 13.5. The van der Waals surface area contributed by atoms with E-state index in [4.69, 9.17) is 4.74 Å². The molecule has 0 atom stereocenters. The Morgan fingerprint density at radius 3 is 2.53 bits per heavy atom. The van der Waals surface area contributed by atoms with Crippen molar-refractivity contribution in [3.05, 3.63) is 59.2 Å². The Bertz CT molecular complexity index is 1510. The van der Waals surface area contributed by atoms with Gasteiger partial charge in [-0.15, -0.1) is 0 Å². The molecule has 0 unspecified atom stereocenters. The fourth-order valence-corrected chi connectivity index (χ4v) is 5.03. The van der Waals surface area contributed by atoms with Gasteiger partial charge in [0, 0.05) is 30.6 Å². The van der Waals surface area contributed by atoms with Gasteiger partial charge in [-0.2, -0.15) is 5.10 Å². The van der Waals surface area contributed by atoms with Gasteiger partial charge in [0.25, 0.3) is 0 Å². The summed E-state index contributed by atoms with van der Waals surface area (Å²) in [6.45, 7) is 2.21. The molecule has 1 aromatic heterocycles. The van der Waals surface area contributed by atoms with E-state index in [0.717, 1.165) is 11.8 Å². The van der Waals surface area contributed by atoms with E-state index in [1.54, 1.807) is 47.5 Å². The molecule has 198 valence electrons. The van der Waals surface area contributed by atoms with E-state index in [2.05, 4.69) is 20.9 Å². The first-order valence-electron chi connectivity index (χ1n) is 12.0. The first kappa shape index (κ1) is 25.6. The Morgan fingerprint density at radius 2 is 1.82 bits per heavy atom. The third-order valence-corrected chi connectivity index (χ3v) is 6.84. The molecule has 0 bridgehead atoms. The summed E-state index contributed by atoms with van der Waals surface area (Å²) in [7, 11) is -3.59. The first-order chi connectivity index (χ1) is 18.2. The summed E-state index contributed by atoms with van der Waals surface area (Å²) >= 11 is 0. The van der Waals surface area contributed by atoms with E-state index in [9.17, 15) is 22.8 Å². The number of aryl methyl sites for hydroxylation is 1. The van der Waals surface area contributed by atoms with Crippen LogP contribution in [0.5, 0.6) is 0 Å². The van der Waals surface area contributed by atoms with Crippen LogP contribution in [0.15, 0.2) is 42.5 Å². The number of urea groups is 1. The minimum Gasteiger partial charge on any atom is -0.379 e. The Balaban J connectivity index is 1.31. The number of ketones is 1. The molecule has 1 saturated heterocycles. The van der Waals surface area contributed by atoms with Crippen molar-refractivity contribution in [1.82, 2.24) is 25.4 Å². The number of hydrogen-bond donors (Lipinski definition) is 4. The number of rotatable bonds is 7. The number of anilines is 1. The summed E-state index contributed by atoms with van der Waals surface area (Å²) in [6, 6.07) is 12.0. The van der Waals surface area contributed by atoms with Crippen molar-refractivity contribution in [3.63, 3.8) is 0 Å². The van der Waals surface area contributed by atoms with Crippen LogP contribution in [-0.4, -0.2) is 73.9 Å². The van der Waals surface area contributed by atoms with Gasteiger partial charge in [-0.05, 0) is 18.1 Å². The second-order valence-corrected chi connectivity index (χ2v) is 10.8. The fourth-order valence-electron chi connectivity index (χ4n) is 4.52. The summed E-state index contributed by atoms with van der Waals surface area (Å²) in [5.41, 5.74) is 7.23. The van der Waals surface area contributed by atoms with E-state index in [1.165, 1.54) is 0 Å². The number of ether oxygens (including phenoxy) is 1. The van der Waals surface area contributed by atoms with Gasteiger partial charge in [0.05, 0.1) is 42.0 Å². The molecule has 4 N–H and O–H groups in total. The molecule has 38 heavy (non-hydrogen) atoms. The molecule has 2 aliphatic rings. The molecule has 0 radical (unpaired) electrons. The molecule has 3 amide bonds. The Kier molecular flexibility index (Phi) is 6.97. The standard InChI is InChI=1S/C25H26N6O6S/c1-38(35,36)30-19(32)10-7-15-5-8-16(9-6-15)22-21-23(28-27-22)17-3-2-4-18(20(17)24(21)33)26-25(34)29-31-11-13-37-14-12-31/h2-6,8-9H,7,10-14H2,1H3,(H,27,28)(H,30,32)(H2,26,29,34). The molecule has 12 nitrogen and oxygen atoms in total. The first-order valence-corrected chi connectivity index (χ1v) is 13.9. The predicted molar refractivity (Wildman–Crippen MR) is 139 cm³/mol. The quantitative estimate of drug-likeness (QED) is 0.276. The van der Waals surface area contributed by atoms with E-state index in [-0.39, 0.29) is 12.2 Å². The number of carbonyl (C=O) groups excluding carboxylic acids is 3. The van der Waals surface area contributed by atoms with Gasteiger partial charge in [0.15, 0.2) is 5.78 Å². The highest BCUT2D eigenvalue weighted by Gasteiger charge is 2.35. The Hall–Kier alpha value is -4.07. The lowest BCUT2D eigenvalue weighted by molar-refractivity contribution is -0.119. The second kappa shape index (κ2) is 10.4. The number of carbonyl (C=O) groups is 3. The number of nitrogens with one attached hydrogen (secondary N) is 4. The van der Waals surface area contributed by atoms with Gasteiger partial charge >= 0.3 is 6.03 Å². The minimum atomic E-state index is -3.59. The van der Waals surface area contributed by atoms with Crippen molar-refractivity contribution in [2.24, 2.45) is 0 Å². The van der Waals surface area contributed by atoms with Crippen molar-refractivity contribution in [3.8, 4) is 22.5 Å². The highest BCUT2D eigenvalue weighted by molar-refractivity contribution is 7.89. The van der Waals surface area contributed by atoms with Gasteiger partial charge in [0.2, 0.25) is 15.9 Å². The van der Waals surface area contributed by atoms with E-state index in [0.29, 0.717) is 72.1 Å². The lowest BCUT2D eigenvalue weighted by Crippen LogP contribution is -2.49. The van der Waals surface area contributed by atoms with Crippen molar-refractivity contribution in [2.75, 3.05) is 37.9 Å². The third-order valence-electron chi connectivity index (χ3n) is 6.24. The topological polar surface area (TPSA) is 163 Å². The van der Waals surface area contributed by atoms with Gasteiger partial charge < -0.3 is 10.1 Å². The number of aromatic nitrogens is 2. The zero-order chi connectivity index (χ0) is 26.9. The average molecular weight is 539 g/mol. The monoisotopic (exact) mass is 538 g/mol. The van der Waals surface area contributed by atoms with Crippen LogP contribution in [0.4, 0.5) is 10.5 Å². The Labute approximate surface area is 218 Å². The van der Waals surface area contributed by atoms with Gasteiger partial charge in [-0.25, -0.2) is 18.2 Å². The SMILES string of the molecule is CS(=O)(=O)NC(=O)CCc1ccc(-c2n[nH]c3c2C(=O)c2c(NC(=O)NN4CCOCC4)cccc2-3)cc1. The summed E-state index contributed by atoms with van der Waals surface area (Å²) in [5.74, 6) is -0.823. The lowest BCUT2D eigenvalue weighted by atomic mass is 10.0. The number of amides is 3. The maximum Gasteiger partial charge on any atom is 0.333 e. The molecular formula is C25H26N6O6S. The molecule has 0 spiro atoms. The number of fused-ring (bicyclic) bond motifs is 3. The number of H-pyrrole nitrogens is 1. The van der Waals surface area contributed by atoms with Crippen molar-refractivity contribution in [1.29, 1.82) is 0 Å². The molecule has 13 heteroatoms. The molecule has 0 saturated carbocycles. The van der Waals surface area contributed by atoms with Gasteiger partial charge in [0.1, 0.15) is 5.69 Å². The minimum absolute atomic E-state index is 0.0207. The highest BCUT2D eigenvalue weighted by atomic mass is 32.2. The zero-order valence-corrected chi connectivity index (χ0v) is 21.4. The number of hydrogen-bond acceptors (Lipinski definition) is 8. The van der Waals surface area contributed by atoms with Crippen LogP contribution < -0.4 is 15.5 Å².